The summed E-state index contributed by atoms with van der Waals surface area (Å²) < 4.78 is 0. The summed E-state index contributed by atoms with van der Waals surface area (Å²) in [5, 5.41) is 21.7. The van der Waals surface area contributed by atoms with E-state index >= 15 is 0 Å². The van der Waals surface area contributed by atoms with E-state index in [1.54, 1.807) is 26.0 Å². The number of amides is 1. The average molecular weight is 291 g/mol. The van der Waals surface area contributed by atoms with Crippen LogP contribution in [0.2, 0.25) is 0 Å². The first-order valence-corrected chi connectivity index (χ1v) is 6.66. The highest BCUT2D eigenvalue weighted by atomic mass is 32.1. The van der Waals surface area contributed by atoms with Crippen LogP contribution in [-0.2, 0) is 0 Å². The quantitative estimate of drug-likeness (QED) is 0.811. The molecule has 5 nitrogen and oxygen atoms in total. The van der Waals surface area contributed by atoms with Gasteiger partial charge in [-0.15, -0.1) is 11.3 Å². The predicted octanol–water partition coefficient (Wildman–Crippen LogP) is 3.02. The zero-order valence-electron chi connectivity index (χ0n) is 10.9. The van der Waals surface area contributed by atoms with Gasteiger partial charge in [-0.25, -0.2) is 4.79 Å². The Balaban J connectivity index is 2.36. The van der Waals surface area contributed by atoms with Crippen LogP contribution in [0.3, 0.4) is 0 Å². The van der Waals surface area contributed by atoms with Gasteiger partial charge in [0.1, 0.15) is 10.8 Å². The van der Waals surface area contributed by atoms with Crippen molar-refractivity contribution in [3.05, 3.63) is 45.8 Å². The van der Waals surface area contributed by atoms with Gasteiger partial charge < -0.3 is 15.5 Å². The molecule has 0 aliphatic rings. The second-order valence-corrected chi connectivity index (χ2v) is 5.49. The Hall–Kier alpha value is -2.34. The Kier molecular flexibility index (Phi) is 3.76. The van der Waals surface area contributed by atoms with E-state index in [4.69, 9.17) is 0 Å². The zero-order chi connectivity index (χ0) is 14.9. The number of rotatable bonds is 3. The minimum Gasteiger partial charge on any atom is -0.507 e. The molecule has 20 heavy (non-hydrogen) atoms. The van der Waals surface area contributed by atoms with E-state index in [2.05, 4.69) is 5.32 Å². The van der Waals surface area contributed by atoms with Crippen molar-refractivity contribution in [1.29, 1.82) is 0 Å². The number of hydrogen-bond donors (Lipinski definition) is 3. The van der Waals surface area contributed by atoms with Gasteiger partial charge in [-0.2, -0.15) is 0 Å². The molecule has 0 unspecified atom stereocenters. The summed E-state index contributed by atoms with van der Waals surface area (Å²) in [7, 11) is 0. The third-order valence-corrected chi connectivity index (χ3v) is 4.10. The van der Waals surface area contributed by atoms with Crippen molar-refractivity contribution in [2.45, 2.75) is 13.8 Å². The van der Waals surface area contributed by atoms with E-state index in [-0.39, 0.29) is 21.9 Å². The largest absolute Gasteiger partial charge is 0.507 e. The SMILES string of the molecule is Cc1sc(NC(=O)c2ccccc2O)c(C(=O)O)c1C. The van der Waals surface area contributed by atoms with E-state index in [0.29, 0.717) is 5.56 Å². The monoisotopic (exact) mass is 291 g/mol. The molecular weight excluding hydrogens is 278 g/mol. The summed E-state index contributed by atoms with van der Waals surface area (Å²) >= 11 is 1.20. The number of para-hydroxylation sites is 1. The molecule has 0 saturated heterocycles. The molecule has 6 heteroatoms. The topological polar surface area (TPSA) is 86.6 Å². The number of aryl methyl sites for hydroxylation is 1. The Morgan fingerprint density at radius 3 is 2.45 bits per heavy atom. The molecule has 0 fully saturated rings. The normalized spacial score (nSPS) is 10.3. The molecule has 0 aliphatic heterocycles. The number of phenols is 1. The molecule has 0 saturated carbocycles. The highest BCUT2D eigenvalue weighted by Gasteiger charge is 2.21. The molecule has 2 rings (SSSR count). The number of benzene rings is 1. The summed E-state index contributed by atoms with van der Waals surface area (Å²) in [6.45, 7) is 3.49. The van der Waals surface area contributed by atoms with Crippen molar-refractivity contribution >= 4 is 28.2 Å². The number of carboxylic acids is 1. The van der Waals surface area contributed by atoms with E-state index < -0.39 is 11.9 Å². The Labute approximate surface area is 119 Å². The molecule has 0 radical (unpaired) electrons. The van der Waals surface area contributed by atoms with Crippen LogP contribution in [0.5, 0.6) is 5.75 Å². The van der Waals surface area contributed by atoms with Gasteiger partial charge >= 0.3 is 5.97 Å². The first-order chi connectivity index (χ1) is 9.41. The van der Waals surface area contributed by atoms with E-state index in [1.165, 1.54) is 23.5 Å². The maximum atomic E-state index is 12.1. The van der Waals surface area contributed by atoms with Crippen molar-refractivity contribution in [3.63, 3.8) is 0 Å². The number of nitrogens with one attached hydrogen (secondary N) is 1. The van der Waals surface area contributed by atoms with Gasteiger partial charge in [0.25, 0.3) is 5.91 Å². The second kappa shape index (κ2) is 5.34. The molecule has 2 aromatic rings. The van der Waals surface area contributed by atoms with E-state index in [0.717, 1.165) is 4.88 Å². The Bertz CT molecular complexity index is 690. The van der Waals surface area contributed by atoms with Gasteiger partial charge in [-0.1, -0.05) is 12.1 Å². The van der Waals surface area contributed by atoms with Gasteiger partial charge in [0.05, 0.1) is 11.1 Å². The molecule has 1 amide bonds. The minimum atomic E-state index is -1.08. The van der Waals surface area contributed by atoms with Gasteiger partial charge in [-0.3, -0.25) is 4.79 Å². The lowest BCUT2D eigenvalue weighted by Crippen LogP contribution is -2.13. The van der Waals surface area contributed by atoms with Crippen molar-refractivity contribution in [1.82, 2.24) is 0 Å². The number of carboxylic acid groups (broad SMARTS) is 1. The van der Waals surface area contributed by atoms with Crippen molar-refractivity contribution in [3.8, 4) is 5.75 Å². The second-order valence-electron chi connectivity index (χ2n) is 4.26. The minimum absolute atomic E-state index is 0.0938. The van der Waals surface area contributed by atoms with Crippen LogP contribution in [0.15, 0.2) is 24.3 Å². The zero-order valence-corrected chi connectivity index (χ0v) is 11.7. The molecular formula is C14H13NO4S. The summed E-state index contributed by atoms with van der Waals surface area (Å²) in [6.07, 6.45) is 0. The smallest absolute Gasteiger partial charge is 0.338 e. The fourth-order valence-electron chi connectivity index (χ4n) is 1.81. The maximum absolute atomic E-state index is 12.1. The van der Waals surface area contributed by atoms with Crippen LogP contribution in [0, 0.1) is 13.8 Å². The van der Waals surface area contributed by atoms with Crippen LogP contribution < -0.4 is 5.32 Å². The van der Waals surface area contributed by atoms with E-state index in [1.807, 2.05) is 0 Å². The first kappa shape index (κ1) is 14.1. The number of carbonyl (C=O) groups is 2. The lowest BCUT2D eigenvalue weighted by molar-refractivity contribution is 0.0697. The number of anilines is 1. The lowest BCUT2D eigenvalue weighted by Gasteiger charge is -2.06. The summed E-state index contributed by atoms with van der Waals surface area (Å²) in [5.41, 5.74) is 0.832. The molecule has 0 aliphatic carbocycles. The third kappa shape index (κ3) is 2.50. The Morgan fingerprint density at radius 2 is 1.85 bits per heavy atom. The molecule has 0 bridgehead atoms. The highest BCUT2D eigenvalue weighted by molar-refractivity contribution is 7.16. The molecule has 1 heterocycles. The van der Waals surface area contributed by atoms with Crippen LogP contribution in [-0.4, -0.2) is 22.1 Å². The molecule has 0 atom stereocenters. The van der Waals surface area contributed by atoms with E-state index in [9.17, 15) is 19.8 Å². The van der Waals surface area contributed by atoms with Crippen molar-refractivity contribution in [2.75, 3.05) is 5.32 Å². The fraction of sp³-hybridized carbons (Fsp3) is 0.143. The third-order valence-electron chi connectivity index (χ3n) is 2.97. The number of hydrogen-bond acceptors (Lipinski definition) is 4. The van der Waals surface area contributed by atoms with Crippen molar-refractivity contribution in [2.24, 2.45) is 0 Å². The first-order valence-electron chi connectivity index (χ1n) is 5.84. The van der Waals surface area contributed by atoms with Crippen LogP contribution >= 0.6 is 11.3 Å². The molecule has 104 valence electrons. The summed E-state index contributed by atoms with van der Waals surface area (Å²) in [4.78, 5) is 24.1. The van der Waals surface area contributed by atoms with Crippen LogP contribution in [0.1, 0.15) is 31.2 Å². The molecule has 3 N–H and O–H groups in total. The van der Waals surface area contributed by atoms with Crippen molar-refractivity contribution < 1.29 is 19.8 Å². The number of aromatic carboxylic acids is 1. The van der Waals surface area contributed by atoms with Gasteiger partial charge in [0, 0.05) is 4.88 Å². The Morgan fingerprint density at radius 1 is 1.20 bits per heavy atom. The maximum Gasteiger partial charge on any atom is 0.338 e. The standard InChI is InChI=1S/C14H13NO4S/c1-7-8(2)20-13(11(7)14(18)19)15-12(17)9-5-3-4-6-10(9)16/h3-6,16H,1-2H3,(H,15,17)(H,18,19). The molecule has 1 aromatic heterocycles. The molecule has 0 spiro atoms. The number of carbonyl (C=O) groups excluding carboxylic acids is 1. The predicted molar refractivity (Wildman–Crippen MR) is 76.8 cm³/mol. The van der Waals surface area contributed by atoms with Gasteiger partial charge in [0.2, 0.25) is 0 Å². The number of thiophene rings is 1. The summed E-state index contributed by atoms with van der Waals surface area (Å²) in [6, 6.07) is 6.10. The van der Waals surface area contributed by atoms with Crippen LogP contribution in [0.25, 0.3) is 0 Å². The average Bonchev–Trinajstić information content (AvgIpc) is 2.65. The number of phenolic OH excluding ortho intramolecular Hbond substituents is 1. The number of aromatic hydroxyl groups is 1. The fourth-order valence-corrected chi connectivity index (χ4v) is 2.86. The summed E-state index contributed by atoms with van der Waals surface area (Å²) in [5.74, 6) is -1.77. The van der Waals surface area contributed by atoms with Crippen LogP contribution in [0.4, 0.5) is 5.00 Å². The van der Waals surface area contributed by atoms with Gasteiger partial charge in [-0.05, 0) is 31.5 Å². The lowest BCUT2D eigenvalue weighted by atomic mass is 10.1. The van der Waals surface area contributed by atoms with Gasteiger partial charge in [0.15, 0.2) is 0 Å². The molecule has 1 aromatic carbocycles. The highest BCUT2D eigenvalue weighted by Crippen LogP contribution is 2.33.